The van der Waals surface area contributed by atoms with E-state index in [1.807, 2.05) is 6.07 Å². The van der Waals surface area contributed by atoms with Crippen molar-refractivity contribution in [2.75, 3.05) is 19.0 Å². The second-order valence-electron chi connectivity index (χ2n) is 13.6. The molecule has 2 spiro atoms. The standard InChI is InChI=1S/C33H37Cl2FN2O5/c1-31(2)9-11-32(12-10-31)16-21(24(39)14-18-4-7-25(43-17-18)29(40)42-3)26(20-8-13-37-28(35)27(20)36)33(32)22-6-5-19(34)15-23(22)38-30(33)41/h5-6,8,13,15,18,21,25-26H,4,7,9-12,14,16-17H2,1-3H3,(H,38,41)/t18-,21-,25-,26-,33+/m0/s1. The maximum atomic E-state index is 16.1. The van der Waals surface area contributed by atoms with Gasteiger partial charge < -0.3 is 14.8 Å². The molecule has 10 heteroatoms. The van der Waals surface area contributed by atoms with Crippen molar-refractivity contribution in [2.24, 2.45) is 22.7 Å². The number of aromatic nitrogens is 1. The Hall–Kier alpha value is -2.55. The molecule has 1 amide bonds. The number of pyridine rings is 1. The molecule has 2 aromatic rings. The lowest BCUT2D eigenvalue weighted by Crippen LogP contribution is -2.52. The van der Waals surface area contributed by atoms with Gasteiger partial charge in [-0.3, -0.25) is 9.59 Å². The van der Waals surface area contributed by atoms with Gasteiger partial charge in [-0.15, -0.1) is 0 Å². The number of carbonyl (C=O) groups excluding carboxylic acids is 3. The largest absolute Gasteiger partial charge is 0.467 e. The van der Waals surface area contributed by atoms with Crippen LogP contribution >= 0.6 is 23.2 Å². The van der Waals surface area contributed by atoms with E-state index in [1.54, 1.807) is 18.2 Å². The minimum Gasteiger partial charge on any atom is -0.467 e. The molecule has 5 atom stereocenters. The number of benzene rings is 1. The molecule has 6 rings (SSSR count). The molecule has 0 bridgehead atoms. The Labute approximate surface area is 261 Å². The van der Waals surface area contributed by atoms with Crippen LogP contribution in [0.3, 0.4) is 0 Å². The molecule has 2 aliphatic carbocycles. The van der Waals surface area contributed by atoms with Gasteiger partial charge in [-0.1, -0.05) is 43.1 Å². The highest BCUT2D eigenvalue weighted by atomic mass is 35.5. The molecule has 1 saturated heterocycles. The summed E-state index contributed by atoms with van der Waals surface area (Å²) in [6, 6.07) is 6.95. The predicted molar refractivity (Wildman–Crippen MR) is 161 cm³/mol. The minimum absolute atomic E-state index is 0.0289. The third kappa shape index (κ3) is 4.88. The normalized spacial score (nSPS) is 30.7. The molecule has 1 N–H and O–H groups in total. The Morgan fingerprint density at radius 2 is 1.88 bits per heavy atom. The van der Waals surface area contributed by atoms with E-state index in [9.17, 15) is 14.4 Å². The number of nitrogens with one attached hydrogen (secondary N) is 1. The molecular formula is C33H37Cl2FN2O5. The summed E-state index contributed by atoms with van der Waals surface area (Å²) in [5.74, 6) is -2.90. The number of carbonyl (C=O) groups is 3. The second kappa shape index (κ2) is 11.1. The van der Waals surface area contributed by atoms with E-state index in [1.165, 1.54) is 13.3 Å². The van der Waals surface area contributed by atoms with Crippen molar-refractivity contribution in [1.82, 2.24) is 4.98 Å². The number of ether oxygens (including phenoxy) is 2. The summed E-state index contributed by atoms with van der Waals surface area (Å²) in [7, 11) is 1.33. The lowest BCUT2D eigenvalue weighted by atomic mass is 9.51. The fraction of sp³-hybridized carbons (Fsp3) is 0.576. The summed E-state index contributed by atoms with van der Waals surface area (Å²) in [6.07, 6.45) is 5.79. The van der Waals surface area contributed by atoms with Crippen LogP contribution in [0.4, 0.5) is 10.1 Å². The third-order valence-corrected chi connectivity index (χ3v) is 11.3. The Balaban J connectivity index is 1.46. The van der Waals surface area contributed by atoms with Crippen LogP contribution in [0.15, 0.2) is 30.5 Å². The number of anilines is 1. The van der Waals surface area contributed by atoms with Crippen LogP contribution in [0, 0.1) is 28.5 Å². The quantitative estimate of drug-likeness (QED) is 0.281. The highest BCUT2D eigenvalue weighted by Gasteiger charge is 2.72. The van der Waals surface area contributed by atoms with Crippen molar-refractivity contribution in [3.63, 3.8) is 0 Å². The van der Waals surface area contributed by atoms with Gasteiger partial charge >= 0.3 is 5.97 Å². The number of halogens is 3. The summed E-state index contributed by atoms with van der Waals surface area (Å²) >= 11 is 12.6. The number of amides is 1. The average molecular weight is 632 g/mol. The highest BCUT2D eigenvalue weighted by molar-refractivity contribution is 6.31. The van der Waals surface area contributed by atoms with Gasteiger partial charge in [0.2, 0.25) is 5.91 Å². The van der Waals surface area contributed by atoms with Crippen LogP contribution in [0.25, 0.3) is 0 Å². The fourth-order valence-corrected chi connectivity index (χ4v) is 8.96. The molecule has 43 heavy (non-hydrogen) atoms. The fourth-order valence-electron chi connectivity index (χ4n) is 8.62. The SMILES string of the molecule is COC(=O)[C@@H]1CC[C@@H](CC(=O)[C@@H]2CC3(CCC(C)(C)CC3)[C@@]3(C(=O)Nc4cc(Cl)ccc43)[C@H]2c2ccnc(Cl)c2F)CO1. The third-order valence-electron chi connectivity index (χ3n) is 10.8. The molecule has 0 radical (unpaired) electrons. The summed E-state index contributed by atoms with van der Waals surface area (Å²) < 4.78 is 26.6. The zero-order valence-corrected chi connectivity index (χ0v) is 26.2. The molecule has 2 aliphatic heterocycles. The zero-order valence-electron chi connectivity index (χ0n) is 24.7. The molecule has 0 unspecified atom stereocenters. The Kier molecular flexibility index (Phi) is 7.87. The number of esters is 1. The van der Waals surface area contributed by atoms with Crippen LogP contribution in [-0.4, -0.2) is 42.5 Å². The van der Waals surface area contributed by atoms with E-state index in [0.717, 1.165) is 31.2 Å². The summed E-state index contributed by atoms with van der Waals surface area (Å²) in [6.45, 7) is 4.72. The molecule has 4 aliphatic rings. The number of fused-ring (bicyclic) bond motifs is 3. The van der Waals surface area contributed by atoms with Crippen molar-refractivity contribution in [1.29, 1.82) is 0 Å². The van der Waals surface area contributed by atoms with Crippen molar-refractivity contribution < 1.29 is 28.2 Å². The molecule has 3 fully saturated rings. The maximum Gasteiger partial charge on any atom is 0.334 e. The van der Waals surface area contributed by atoms with E-state index in [2.05, 4.69) is 24.1 Å². The van der Waals surface area contributed by atoms with Crippen LogP contribution in [0.2, 0.25) is 10.2 Å². The number of Topliss-reactive ketones (excluding diaryl/α,β-unsaturated/α-hetero) is 1. The lowest BCUT2D eigenvalue weighted by molar-refractivity contribution is -0.159. The smallest absolute Gasteiger partial charge is 0.334 e. The molecule has 1 aromatic carbocycles. The maximum absolute atomic E-state index is 16.1. The van der Waals surface area contributed by atoms with Crippen LogP contribution < -0.4 is 5.32 Å². The van der Waals surface area contributed by atoms with Crippen molar-refractivity contribution in [3.8, 4) is 0 Å². The van der Waals surface area contributed by atoms with Gasteiger partial charge in [0.05, 0.1) is 19.1 Å². The lowest BCUT2D eigenvalue weighted by Gasteiger charge is -2.51. The monoisotopic (exact) mass is 630 g/mol. The minimum atomic E-state index is -1.20. The average Bonchev–Trinajstić information content (AvgIpc) is 3.44. The number of nitrogens with zero attached hydrogens (tertiary/aromatic N) is 1. The van der Waals surface area contributed by atoms with Gasteiger partial charge in [-0.25, -0.2) is 14.2 Å². The van der Waals surface area contributed by atoms with E-state index in [-0.39, 0.29) is 46.8 Å². The Morgan fingerprint density at radius 3 is 2.56 bits per heavy atom. The first-order valence-electron chi connectivity index (χ1n) is 15.1. The molecule has 7 nitrogen and oxygen atoms in total. The van der Waals surface area contributed by atoms with Crippen molar-refractivity contribution in [2.45, 2.75) is 82.7 Å². The first-order chi connectivity index (χ1) is 20.4. The van der Waals surface area contributed by atoms with E-state index in [4.69, 9.17) is 32.7 Å². The van der Waals surface area contributed by atoms with Gasteiger partial charge in [0.15, 0.2) is 17.1 Å². The molecular weight excluding hydrogens is 594 g/mol. The summed E-state index contributed by atoms with van der Waals surface area (Å²) in [5.41, 5.74) is -0.0932. The number of hydrogen-bond acceptors (Lipinski definition) is 6. The second-order valence-corrected chi connectivity index (χ2v) is 14.4. The van der Waals surface area contributed by atoms with Crippen LogP contribution in [-0.2, 0) is 29.3 Å². The Morgan fingerprint density at radius 1 is 1.14 bits per heavy atom. The summed E-state index contributed by atoms with van der Waals surface area (Å²) in [5, 5.41) is 3.29. The van der Waals surface area contributed by atoms with Gasteiger partial charge in [0.25, 0.3) is 0 Å². The molecule has 2 saturated carbocycles. The predicted octanol–water partition coefficient (Wildman–Crippen LogP) is 7.04. The van der Waals surface area contributed by atoms with E-state index >= 15 is 4.39 Å². The van der Waals surface area contributed by atoms with Gasteiger partial charge in [0.1, 0.15) is 5.78 Å². The van der Waals surface area contributed by atoms with Gasteiger partial charge in [0, 0.05) is 35.2 Å². The Bertz CT molecular complexity index is 1460. The van der Waals surface area contributed by atoms with Crippen LogP contribution in [0.1, 0.15) is 82.3 Å². The van der Waals surface area contributed by atoms with Gasteiger partial charge in [-0.2, -0.15) is 0 Å². The number of methoxy groups -OCH3 is 1. The van der Waals surface area contributed by atoms with Crippen molar-refractivity contribution >= 4 is 46.5 Å². The highest BCUT2D eigenvalue weighted by Crippen LogP contribution is 2.72. The van der Waals surface area contributed by atoms with E-state index < -0.39 is 40.6 Å². The zero-order chi connectivity index (χ0) is 30.7. The number of ketones is 1. The van der Waals surface area contributed by atoms with Crippen molar-refractivity contribution in [3.05, 3.63) is 57.6 Å². The molecule has 3 heterocycles. The number of rotatable bonds is 5. The molecule has 1 aromatic heterocycles. The first kappa shape index (κ1) is 30.5. The summed E-state index contributed by atoms with van der Waals surface area (Å²) in [4.78, 5) is 44.9. The van der Waals surface area contributed by atoms with Gasteiger partial charge in [-0.05, 0) is 91.0 Å². The van der Waals surface area contributed by atoms with Crippen LogP contribution in [0.5, 0.6) is 0 Å². The van der Waals surface area contributed by atoms with E-state index in [0.29, 0.717) is 30.0 Å². The first-order valence-corrected chi connectivity index (χ1v) is 15.8. The topological polar surface area (TPSA) is 94.6 Å². The molecule has 230 valence electrons. The number of hydrogen-bond donors (Lipinski definition) is 1.